The summed E-state index contributed by atoms with van der Waals surface area (Å²) in [5.41, 5.74) is 6.34. The Balaban J connectivity index is 0.00000105. The molecule has 0 amide bonds. The Morgan fingerprint density at radius 2 is 1.00 bits per heavy atom. The van der Waals surface area contributed by atoms with E-state index in [9.17, 15) is 0 Å². The Hall–Kier alpha value is -0.352. The molecule has 1 aliphatic heterocycles. The molecular weight excluding hydrogens is 439 g/mol. The van der Waals surface area contributed by atoms with Gasteiger partial charge in [-0.15, -0.1) is 0 Å². The average Bonchev–Trinajstić information content (AvgIpc) is 3.13. The van der Waals surface area contributed by atoms with Crippen molar-refractivity contribution in [3.8, 4) is 0 Å². The Morgan fingerprint density at radius 1 is 0.630 bits per heavy atom. The van der Waals surface area contributed by atoms with E-state index in [-0.39, 0.29) is 44.0 Å². The van der Waals surface area contributed by atoms with Gasteiger partial charge in [0.2, 0.25) is 0 Å². The van der Waals surface area contributed by atoms with Crippen LogP contribution in [0.4, 0.5) is 0 Å². The minimum atomic E-state index is -1.46. The van der Waals surface area contributed by atoms with E-state index in [4.69, 9.17) is 0 Å². The van der Waals surface area contributed by atoms with Crippen molar-refractivity contribution in [1.82, 2.24) is 0 Å². The average molecular weight is 463 g/mol. The van der Waals surface area contributed by atoms with Crippen LogP contribution in [0, 0.1) is 0 Å². The summed E-state index contributed by atoms with van der Waals surface area (Å²) in [5, 5.41) is 3.77. The quantitative estimate of drug-likeness (QED) is 0.481. The van der Waals surface area contributed by atoms with E-state index >= 15 is 0 Å². The molecule has 3 aliphatic rings. The zero-order valence-corrected chi connectivity index (χ0v) is 21.3. The van der Waals surface area contributed by atoms with Crippen LogP contribution >= 0.6 is 0 Å². The van der Waals surface area contributed by atoms with E-state index in [2.05, 4.69) is 86.9 Å². The van der Waals surface area contributed by atoms with Crippen LogP contribution in [-0.2, 0) is 19.2 Å². The second-order valence-electron chi connectivity index (χ2n) is 8.74. The smallest absolute Gasteiger partial charge is 1.00 e. The Morgan fingerprint density at radius 3 is 1.41 bits per heavy atom. The minimum absolute atomic E-state index is 0. The zero-order chi connectivity index (χ0) is 17.4. The fraction of sp³-hybridized carbons (Fsp3) is 0.273. The van der Waals surface area contributed by atoms with Crippen molar-refractivity contribution in [2.45, 2.75) is 34.6 Å². The fourth-order valence-corrected chi connectivity index (χ4v) is 23.0. The van der Waals surface area contributed by atoms with Gasteiger partial charge in [0.25, 0.3) is 0 Å². The maximum Gasteiger partial charge on any atom is -1.00 e. The second-order valence-corrected chi connectivity index (χ2v) is 26.2. The van der Waals surface area contributed by atoms with Crippen molar-refractivity contribution in [3.63, 3.8) is 0 Å². The van der Waals surface area contributed by atoms with Crippen LogP contribution in [0.3, 0.4) is 0 Å². The van der Waals surface area contributed by atoms with Gasteiger partial charge >= 0.3 is 162 Å². The summed E-state index contributed by atoms with van der Waals surface area (Å²) < 4.78 is 1.54. The standard InChI is InChI=1S/C22H24Si2.2ClH.Ti/c1-23(2,21-13-17-9-5-6-10-18(17)14-21)24(3,4)22-15-19-11-7-8-12-20(19)16-22;;;/h5-16H,1-4H3;2*1H;/q;;;+2/p-2. The van der Waals surface area contributed by atoms with Crippen molar-refractivity contribution in [3.05, 3.63) is 81.2 Å². The largest absolute Gasteiger partial charge is 1.00 e. The van der Waals surface area contributed by atoms with Gasteiger partial charge in [0.05, 0.1) is 0 Å². The predicted octanol–water partition coefficient (Wildman–Crippen LogP) is -0.0593. The van der Waals surface area contributed by atoms with Gasteiger partial charge in [0.1, 0.15) is 0 Å². The summed E-state index contributed by atoms with van der Waals surface area (Å²) in [6.45, 7) is 10.7. The van der Waals surface area contributed by atoms with Gasteiger partial charge in [-0.25, -0.2) is 0 Å². The molecule has 1 fully saturated rings. The van der Waals surface area contributed by atoms with Gasteiger partial charge in [-0.3, -0.25) is 0 Å². The number of fused-ring (bicyclic) bond motifs is 6. The molecule has 0 radical (unpaired) electrons. The maximum absolute atomic E-state index is 2.68. The van der Waals surface area contributed by atoms with Crippen molar-refractivity contribution < 1.29 is 44.0 Å². The van der Waals surface area contributed by atoms with E-state index in [0.29, 0.717) is 0 Å². The van der Waals surface area contributed by atoms with E-state index in [1.54, 1.807) is 11.1 Å². The monoisotopic (exact) mass is 462 g/mol. The normalized spacial score (nSPS) is 24.7. The first-order chi connectivity index (χ1) is 11.9. The molecule has 0 nitrogen and oxygen atoms in total. The topological polar surface area (TPSA) is 0 Å². The molecule has 2 aromatic carbocycles. The number of benzene rings is 2. The number of allylic oxidation sites excluding steroid dienone is 2. The van der Waals surface area contributed by atoms with E-state index < -0.39 is 15.2 Å². The van der Waals surface area contributed by atoms with Gasteiger partial charge in [-0.05, 0) is 0 Å². The van der Waals surface area contributed by atoms with Crippen LogP contribution in [0.2, 0.25) is 26.2 Å². The molecule has 5 rings (SSSR count). The molecular formula is C22H24Cl2Si2Ti. The van der Waals surface area contributed by atoms with Crippen LogP contribution in [0.15, 0.2) is 58.9 Å². The predicted molar refractivity (Wildman–Crippen MR) is 109 cm³/mol. The molecule has 2 aromatic rings. The molecule has 1 heterocycles. The molecule has 27 heavy (non-hydrogen) atoms. The molecule has 2 aliphatic carbocycles. The van der Waals surface area contributed by atoms with Crippen LogP contribution in [0.25, 0.3) is 12.2 Å². The van der Waals surface area contributed by atoms with E-state index in [0.717, 1.165) is 8.45 Å². The van der Waals surface area contributed by atoms with Crippen molar-refractivity contribution in [2.24, 2.45) is 0 Å². The Bertz CT molecular complexity index is 885. The number of hydrogen-bond acceptors (Lipinski definition) is 0. The Labute approximate surface area is 186 Å². The summed E-state index contributed by atoms with van der Waals surface area (Å²) >= 11 is -0.134. The van der Waals surface area contributed by atoms with Gasteiger partial charge in [0, 0.05) is 0 Å². The third kappa shape index (κ3) is 2.87. The van der Waals surface area contributed by atoms with Crippen LogP contribution in [0.5, 0.6) is 0 Å². The first kappa shape index (κ1) is 21.4. The number of rotatable bonds is 0. The molecule has 0 spiro atoms. The molecule has 0 bridgehead atoms. The van der Waals surface area contributed by atoms with Crippen LogP contribution in [-0.4, -0.2) is 15.2 Å². The zero-order valence-electron chi connectivity index (χ0n) is 16.2. The maximum atomic E-state index is 2.68. The number of halogens is 2. The Kier molecular flexibility index (Phi) is 5.66. The summed E-state index contributed by atoms with van der Waals surface area (Å²) in [6.07, 6.45) is 5.25. The molecule has 2 unspecified atom stereocenters. The third-order valence-electron chi connectivity index (χ3n) is 7.20. The fourth-order valence-electron chi connectivity index (χ4n) is 4.98. The first-order valence-electron chi connectivity index (χ1n) is 9.29. The summed E-state index contributed by atoms with van der Waals surface area (Å²) in [7, 11) is -2.92. The van der Waals surface area contributed by atoms with Gasteiger partial charge in [-0.1, -0.05) is 0 Å². The molecule has 0 saturated carbocycles. The van der Waals surface area contributed by atoms with Crippen molar-refractivity contribution >= 4 is 27.3 Å². The summed E-state index contributed by atoms with van der Waals surface area (Å²) in [5.74, 6) is 0. The van der Waals surface area contributed by atoms with Crippen molar-refractivity contribution in [1.29, 1.82) is 0 Å². The third-order valence-corrected chi connectivity index (χ3v) is 29.1. The van der Waals surface area contributed by atoms with Crippen molar-refractivity contribution in [2.75, 3.05) is 0 Å². The van der Waals surface area contributed by atoms with Crippen LogP contribution < -0.4 is 24.8 Å². The molecule has 138 valence electrons. The molecule has 5 heteroatoms. The van der Waals surface area contributed by atoms with Gasteiger partial charge in [-0.2, -0.15) is 0 Å². The van der Waals surface area contributed by atoms with Gasteiger partial charge in [0.15, 0.2) is 0 Å². The summed E-state index contributed by atoms with van der Waals surface area (Å²) in [6, 6.07) is 18.5. The molecule has 1 saturated heterocycles. The number of hydrogen-bond donors (Lipinski definition) is 0. The SMILES string of the molecule is C[Si]1(C)C2=Cc3ccccc3[CH]2[Ti+2][CH]2C(=Cc3ccccc32)[Si]1(C)C.[Cl-].[Cl-]. The molecule has 2 atom stereocenters. The van der Waals surface area contributed by atoms with E-state index in [1.165, 1.54) is 11.1 Å². The van der Waals surface area contributed by atoms with Crippen LogP contribution in [0.1, 0.15) is 30.7 Å². The second kappa shape index (κ2) is 7.16. The molecule has 0 aromatic heterocycles. The summed E-state index contributed by atoms with van der Waals surface area (Å²) in [4.78, 5) is 0. The minimum Gasteiger partial charge on any atom is -1.00 e. The van der Waals surface area contributed by atoms with Gasteiger partial charge < -0.3 is 24.8 Å². The first-order valence-corrected chi connectivity index (χ1v) is 18.1. The molecule has 0 N–H and O–H groups in total. The van der Waals surface area contributed by atoms with E-state index in [1.807, 2.05) is 10.4 Å².